The zero-order valence-corrected chi connectivity index (χ0v) is 11.5. The summed E-state index contributed by atoms with van der Waals surface area (Å²) in [6.45, 7) is 1.32. The number of nitro groups is 1. The van der Waals surface area contributed by atoms with Crippen LogP contribution in [0.4, 0.5) is 5.69 Å². The molecule has 1 aromatic carbocycles. The zero-order chi connectivity index (χ0) is 15.4. The molecule has 0 fully saturated rings. The minimum Gasteiger partial charge on any atom is -0.301 e. The van der Waals surface area contributed by atoms with Gasteiger partial charge in [0.1, 0.15) is 0 Å². The first-order valence-electron chi connectivity index (χ1n) is 6.38. The summed E-state index contributed by atoms with van der Waals surface area (Å²) in [5.74, 6) is -0.179. The molecule has 2 aromatic rings. The van der Waals surface area contributed by atoms with Crippen molar-refractivity contribution < 1.29 is 9.72 Å². The van der Waals surface area contributed by atoms with Gasteiger partial charge in [0, 0.05) is 18.1 Å². The second kappa shape index (κ2) is 6.13. The van der Waals surface area contributed by atoms with Crippen molar-refractivity contribution >= 4 is 11.5 Å². The SMILES string of the molecule is Cc1cc(=O)n(CC(=O)Cc2ccccc2)cc1[N+](=O)[O-]. The molecular formula is C15H14N2O4. The van der Waals surface area contributed by atoms with Crippen LogP contribution in [-0.2, 0) is 17.8 Å². The molecule has 0 spiro atoms. The van der Waals surface area contributed by atoms with E-state index in [1.165, 1.54) is 13.0 Å². The molecule has 6 heteroatoms. The summed E-state index contributed by atoms with van der Waals surface area (Å²) >= 11 is 0. The van der Waals surface area contributed by atoms with Crippen LogP contribution >= 0.6 is 0 Å². The van der Waals surface area contributed by atoms with Gasteiger partial charge in [0.15, 0.2) is 5.78 Å². The molecule has 2 rings (SSSR count). The van der Waals surface area contributed by atoms with E-state index >= 15 is 0 Å². The zero-order valence-electron chi connectivity index (χ0n) is 11.5. The molecule has 0 unspecified atom stereocenters. The van der Waals surface area contributed by atoms with E-state index in [4.69, 9.17) is 0 Å². The number of ketones is 1. The largest absolute Gasteiger partial charge is 0.301 e. The van der Waals surface area contributed by atoms with E-state index in [1.54, 1.807) is 0 Å². The Hall–Kier alpha value is -2.76. The summed E-state index contributed by atoms with van der Waals surface area (Å²) in [4.78, 5) is 34.1. The number of carbonyl (C=O) groups excluding carboxylic acids is 1. The van der Waals surface area contributed by atoms with Crippen molar-refractivity contribution in [3.05, 3.63) is 74.2 Å². The molecule has 0 saturated heterocycles. The predicted molar refractivity (Wildman–Crippen MR) is 77.2 cm³/mol. The number of nitrogens with zero attached hydrogens (tertiary/aromatic N) is 2. The number of hydrogen-bond acceptors (Lipinski definition) is 4. The number of pyridine rings is 1. The normalized spacial score (nSPS) is 10.3. The Balaban J connectivity index is 2.19. The molecule has 0 aliphatic heterocycles. The van der Waals surface area contributed by atoms with Crippen LogP contribution < -0.4 is 5.56 Å². The first kappa shape index (κ1) is 14.6. The lowest BCUT2D eigenvalue weighted by molar-refractivity contribution is -0.385. The highest BCUT2D eigenvalue weighted by atomic mass is 16.6. The summed E-state index contributed by atoms with van der Waals surface area (Å²) in [5.41, 5.74) is 0.551. The summed E-state index contributed by atoms with van der Waals surface area (Å²) < 4.78 is 1.08. The van der Waals surface area contributed by atoms with Crippen LogP contribution in [0.25, 0.3) is 0 Å². The molecule has 6 nitrogen and oxygen atoms in total. The lowest BCUT2D eigenvalue weighted by Crippen LogP contribution is -2.25. The average molecular weight is 286 g/mol. The Labute approximate surface area is 120 Å². The molecule has 0 aliphatic carbocycles. The van der Waals surface area contributed by atoms with E-state index in [0.717, 1.165) is 16.3 Å². The number of carbonyl (C=O) groups is 1. The lowest BCUT2D eigenvalue weighted by Gasteiger charge is -2.06. The van der Waals surface area contributed by atoms with E-state index < -0.39 is 10.5 Å². The van der Waals surface area contributed by atoms with E-state index in [0.29, 0.717) is 0 Å². The number of benzene rings is 1. The average Bonchev–Trinajstić information content (AvgIpc) is 2.42. The van der Waals surface area contributed by atoms with Gasteiger partial charge in [-0.15, -0.1) is 0 Å². The smallest absolute Gasteiger partial charge is 0.288 e. The lowest BCUT2D eigenvalue weighted by atomic mass is 10.1. The molecule has 21 heavy (non-hydrogen) atoms. The number of aromatic nitrogens is 1. The molecule has 108 valence electrons. The van der Waals surface area contributed by atoms with Gasteiger partial charge >= 0.3 is 0 Å². The highest BCUT2D eigenvalue weighted by Crippen LogP contribution is 2.14. The highest BCUT2D eigenvalue weighted by Gasteiger charge is 2.15. The molecule has 0 radical (unpaired) electrons. The topological polar surface area (TPSA) is 82.2 Å². The van der Waals surface area contributed by atoms with Gasteiger partial charge in [-0.1, -0.05) is 30.3 Å². The third kappa shape index (κ3) is 3.62. The van der Waals surface area contributed by atoms with Crippen LogP contribution in [0.3, 0.4) is 0 Å². The van der Waals surface area contributed by atoms with Crippen molar-refractivity contribution in [1.82, 2.24) is 4.57 Å². The highest BCUT2D eigenvalue weighted by molar-refractivity contribution is 5.80. The third-order valence-electron chi connectivity index (χ3n) is 3.09. The molecule has 0 saturated carbocycles. The van der Waals surface area contributed by atoms with Gasteiger partial charge in [0.05, 0.1) is 17.7 Å². The second-order valence-corrected chi connectivity index (χ2v) is 4.77. The number of hydrogen-bond donors (Lipinski definition) is 0. The Kier molecular flexibility index (Phi) is 4.27. The minimum absolute atomic E-state index is 0.165. The fourth-order valence-corrected chi connectivity index (χ4v) is 2.04. The van der Waals surface area contributed by atoms with Crippen LogP contribution in [0, 0.1) is 17.0 Å². The Morgan fingerprint density at radius 2 is 1.95 bits per heavy atom. The summed E-state index contributed by atoms with van der Waals surface area (Å²) in [7, 11) is 0. The third-order valence-corrected chi connectivity index (χ3v) is 3.09. The molecule has 0 aliphatic rings. The maximum absolute atomic E-state index is 12.0. The molecule has 0 N–H and O–H groups in total. The minimum atomic E-state index is -0.563. The Morgan fingerprint density at radius 3 is 2.57 bits per heavy atom. The van der Waals surface area contributed by atoms with Gasteiger partial charge in [-0.3, -0.25) is 19.7 Å². The van der Waals surface area contributed by atoms with Crippen molar-refractivity contribution in [3.8, 4) is 0 Å². The van der Waals surface area contributed by atoms with Crippen molar-refractivity contribution in [2.24, 2.45) is 0 Å². The second-order valence-electron chi connectivity index (χ2n) is 4.77. The van der Waals surface area contributed by atoms with Gasteiger partial charge < -0.3 is 4.57 Å². The van der Waals surface area contributed by atoms with Gasteiger partial charge in [-0.05, 0) is 12.5 Å². The van der Waals surface area contributed by atoms with Crippen LogP contribution in [0.15, 0.2) is 47.4 Å². The maximum Gasteiger partial charge on any atom is 0.288 e. The maximum atomic E-state index is 12.0. The monoisotopic (exact) mass is 286 g/mol. The predicted octanol–water partition coefficient (Wildman–Crippen LogP) is 1.88. The summed E-state index contributed by atoms with van der Waals surface area (Å²) in [5, 5.41) is 10.9. The van der Waals surface area contributed by atoms with Crippen molar-refractivity contribution in [1.29, 1.82) is 0 Å². The van der Waals surface area contributed by atoms with E-state index in [1.807, 2.05) is 30.3 Å². The number of Topliss-reactive ketones (excluding diaryl/α,β-unsaturated/α-hetero) is 1. The van der Waals surface area contributed by atoms with Crippen molar-refractivity contribution in [3.63, 3.8) is 0 Å². The van der Waals surface area contributed by atoms with Crippen LogP contribution in [0.1, 0.15) is 11.1 Å². The summed E-state index contributed by atoms with van der Waals surface area (Å²) in [6, 6.07) is 10.3. The first-order valence-corrected chi connectivity index (χ1v) is 6.38. The van der Waals surface area contributed by atoms with Crippen molar-refractivity contribution in [2.45, 2.75) is 19.9 Å². The fourth-order valence-electron chi connectivity index (χ4n) is 2.04. The van der Waals surface area contributed by atoms with E-state index in [9.17, 15) is 19.7 Å². The summed E-state index contributed by atoms with van der Waals surface area (Å²) in [6.07, 6.45) is 1.31. The van der Waals surface area contributed by atoms with Gasteiger partial charge in [-0.25, -0.2) is 0 Å². The quantitative estimate of drug-likeness (QED) is 0.620. The van der Waals surface area contributed by atoms with Gasteiger partial charge in [0.2, 0.25) is 0 Å². The van der Waals surface area contributed by atoms with Gasteiger partial charge in [-0.2, -0.15) is 0 Å². The Morgan fingerprint density at radius 1 is 1.29 bits per heavy atom. The molecule has 0 amide bonds. The fraction of sp³-hybridized carbons (Fsp3) is 0.200. The Bertz CT molecular complexity index is 735. The standard InChI is InChI=1S/C15H14N2O4/c1-11-7-15(19)16(10-14(11)17(20)21)9-13(18)8-12-5-3-2-4-6-12/h2-7,10H,8-9H2,1H3. The number of aryl methyl sites for hydroxylation is 1. The van der Waals surface area contributed by atoms with Crippen LogP contribution in [0.2, 0.25) is 0 Å². The first-order chi connectivity index (χ1) is 9.97. The van der Waals surface area contributed by atoms with E-state index in [2.05, 4.69) is 0 Å². The van der Waals surface area contributed by atoms with Crippen molar-refractivity contribution in [2.75, 3.05) is 0 Å². The van der Waals surface area contributed by atoms with Crippen LogP contribution in [-0.4, -0.2) is 15.3 Å². The number of rotatable bonds is 5. The molecule has 1 aromatic heterocycles. The molecule has 1 heterocycles. The molecular weight excluding hydrogens is 272 g/mol. The molecule has 0 bridgehead atoms. The molecule has 0 atom stereocenters. The van der Waals surface area contributed by atoms with Crippen LogP contribution in [0.5, 0.6) is 0 Å². The van der Waals surface area contributed by atoms with Gasteiger partial charge in [0.25, 0.3) is 11.2 Å². The van der Waals surface area contributed by atoms with E-state index in [-0.39, 0.29) is 30.0 Å².